The van der Waals surface area contributed by atoms with Gasteiger partial charge in [0.1, 0.15) is 10.7 Å². The quantitative estimate of drug-likeness (QED) is 0.875. The van der Waals surface area contributed by atoms with Crippen LogP contribution in [0, 0.1) is 5.92 Å². The van der Waals surface area contributed by atoms with Crippen molar-refractivity contribution in [3.63, 3.8) is 0 Å². The van der Waals surface area contributed by atoms with Crippen LogP contribution in [0.3, 0.4) is 0 Å². The molecule has 1 heterocycles. The fourth-order valence-electron chi connectivity index (χ4n) is 2.62. The average Bonchev–Trinajstić information content (AvgIpc) is 2.92. The first kappa shape index (κ1) is 15.5. The van der Waals surface area contributed by atoms with Crippen LogP contribution in [0.4, 0.5) is 5.82 Å². The van der Waals surface area contributed by atoms with Gasteiger partial charge in [0.25, 0.3) is 0 Å². The van der Waals surface area contributed by atoms with Gasteiger partial charge in [-0.05, 0) is 31.7 Å². The van der Waals surface area contributed by atoms with E-state index in [1.807, 2.05) is 6.92 Å². The third-order valence-electron chi connectivity index (χ3n) is 3.81. The summed E-state index contributed by atoms with van der Waals surface area (Å²) in [5.74, 6) is 0.888. The first-order valence-electron chi connectivity index (χ1n) is 6.79. The van der Waals surface area contributed by atoms with E-state index in [1.165, 1.54) is 25.1 Å². The summed E-state index contributed by atoms with van der Waals surface area (Å²) in [6, 6.07) is 1.36. The Balaban J connectivity index is 2.15. The van der Waals surface area contributed by atoms with E-state index in [4.69, 9.17) is 11.6 Å². The van der Waals surface area contributed by atoms with Crippen LogP contribution < -0.4 is 10.0 Å². The Bertz CT molecular complexity index is 571. The van der Waals surface area contributed by atoms with Gasteiger partial charge in [0, 0.05) is 19.3 Å². The van der Waals surface area contributed by atoms with Crippen LogP contribution in [0.15, 0.2) is 17.2 Å². The zero-order valence-corrected chi connectivity index (χ0v) is 13.3. The van der Waals surface area contributed by atoms with Crippen LogP contribution in [0.25, 0.3) is 0 Å². The molecule has 1 unspecified atom stereocenters. The highest BCUT2D eigenvalue weighted by molar-refractivity contribution is 7.89. The fraction of sp³-hybridized carbons (Fsp3) is 0.615. The minimum absolute atomic E-state index is 0.0646. The standard InChI is InChI=1S/C13H20ClN3O2S/c1-9(10-5-3-4-6-10)17-20(18,19)11-7-12(14)13(15-2)16-8-11/h7-10,17H,3-6H2,1-2H3,(H,15,16). The van der Waals surface area contributed by atoms with Crippen molar-refractivity contribution in [3.05, 3.63) is 17.3 Å². The summed E-state index contributed by atoms with van der Waals surface area (Å²) in [5.41, 5.74) is 0. The summed E-state index contributed by atoms with van der Waals surface area (Å²) in [6.07, 6.45) is 5.85. The maximum atomic E-state index is 12.3. The molecule has 20 heavy (non-hydrogen) atoms. The van der Waals surface area contributed by atoms with Gasteiger partial charge < -0.3 is 5.32 Å². The third-order valence-corrected chi connectivity index (χ3v) is 5.63. The maximum absolute atomic E-state index is 12.3. The number of pyridine rings is 1. The number of aromatic nitrogens is 1. The van der Waals surface area contributed by atoms with Crippen LogP contribution in [0.2, 0.25) is 5.02 Å². The van der Waals surface area contributed by atoms with Crippen LogP contribution in [0.5, 0.6) is 0 Å². The second-order valence-electron chi connectivity index (χ2n) is 5.21. The molecule has 112 valence electrons. The summed E-state index contributed by atoms with van der Waals surface area (Å²) in [6.45, 7) is 1.92. The van der Waals surface area contributed by atoms with E-state index in [0.717, 1.165) is 12.8 Å². The largest absolute Gasteiger partial charge is 0.372 e. The zero-order chi connectivity index (χ0) is 14.8. The number of hydrogen-bond donors (Lipinski definition) is 2. The topological polar surface area (TPSA) is 71.1 Å². The molecule has 0 bridgehead atoms. The molecule has 0 radical (unpaired) electrons. The van der Waals surface area contributed by atoms with Gasteiger partial charge >= 0.3 is 0 Å². The Labute approximate surface area is 125 Å². The molecule has 1 saturated carbocycles. The summed E-state index contributed by atoms with van der Waals surface area (Å²) in [7, 11) is -1.89. The molecule has 2 rings (SSSR count). The Morgan fingerprint density at radius 2 is 2.05 bits per heavy atom. The lowest BCUT2D eigenvalue weighted by Crippen LogP contribution is -2.37. The Morgan fingerprint density at radius 1 is 1.40 bits per heavy atom. The van der Waals surface area contributed by atoms with E-state index in [2.05, 4.69) is 15.0 Å². The number of halogens is 1. The van der Waals surface area contributed by atoms with Gasteiger partial charge in [-0.15, -0.1) is 0 Å². The van der Waals surface area contributed by atoms with Crippen molar-refractivity contribution in [2.45, 2.75) is 43.5 Å². The molecule has 1 aliphatic rings. The van der Waals surface area contributed by atoms with E-state index in [9.17, 15) is 8.42 Å². The zero-order valence-electron chi connectivity index (χ0n) is 11.7. The smallest absolute Gasteiger partial charge is 0.242 e. The first-order valence-corrected chi connectivity index (χ1v) is 8.66. The number of anilines is 1. The molecule has 0 aliphatic heterocycles. The lowest BCUT2D eigenvalue weighted by Gasteiger charge is -2.20. The van der Waals surface area contributed by atoms with Crippen LogP contribution in [-0.2, 0) is 10.0 Å². The lowest BCUT2D eigenvalue weighted by atomic mass is 10.0. The summed E-state index contributed by atoms with van der Waals surface area (Å²) >= 11 is 5.98. The van der Waals surface area contributed by atoms with Crippen molar-refractivity contribution < 1.29 is 8.42 Å². The minimum atomic E-state index is -3.57. The van der Waals surface area contributed by atoms with E-state index < -0.39 is 10.0 Å². The number of nitrogens with one attached hydrogen (secondary N) is 2. The fourth-order valence-corrected chi connectivity index (χ4v) is 4.23. The van der Waals surface area contributed by atoms with Gasteiger partial charge in [0.05, 0.1) is 5.02 Å². The molecule has 1 fully saturated rings. The second-order valence-corrected chi connectivity index (χ2v) is 7.33. The third kappa shape index (κ3) is 3.42. The number of nitrogens with zero attached hydrogens (tertiary/aromatic N) is 1. The van der Waals surface area contributed by atoms with Crippen molar-refractivity contribution in [2.75, 3.05) is 12.4 Å². The molecule has 7 heteroatoms. The summed E-state index contributed by atoms with van der Waals surface area (Å²) in [4.78, 5) is 4.11. The van der Waals surface area contributed by atoms with Gasteiger partial charge in [-0.25, -0.2) is 18.1 Å². The van der Waals surface area contributed by atoms with Gasteiger partial charge in [0.15, 0.2) is 0 Å². The number of sulfonamides is 1. The van der Waals surface area contributed by atoms with Crippen LogP contribution in [-0.4, -0.2) is 26.5 Å². The number of hydrogen-bond acceptors (Lipinski definition) is 4. The molecule has 5 nitrogen and oxygen atoms in total. The van der Waals surface area contributed by atoms with Gasteiger partial charge in [0.2, 0.25) is 10.0 Å². The SMILES string of the molecule is CNc1ncc(S(=O)(=O)NC(C)C2CCCC2)cc1Cl. The van der Waals surface area contributed by atoms with Crippen molar-refractivity contribution >= 4 is 27.4 Å². The van der Waals surface area contributed by atoms with Crippen molar-refractivity contribution in [1.29, 1.82) is 0 Å². The van der Waals surface area contributed by atoms with Crippen molar-refractivity contribution in [2.24, 2.45) is 5.92 Å². The molecule has 1 aromatic rings. The van der Waals surface area contributed by atoms with E-state index >= 15 is 0 Å². The van der Waals surface area contributed by atoms with Gasteiger partial charge in [-0.2, -0.15) is 0 Å². The second kappa shape index (κ2) is 6.28. The maximum Gasteiger partial charge on any atom is 0.242 e. The first-order chi connectivity index (χ1) is 9.44. The average molecular weight is 318 g/mol. The predicted octanol–water partition coefficient (Wildman–Crippen LogP) is 2.63. The van der Waals surface area contributed by atoms with Gasteiger partial charge in [-0.3, -0.25) is 0 Å². The highest BCUT2D eigenvalue weighted by atomic mass is 35.5. The Morgan fingerprint density at radius 3 is 2.60 bits per heavy atom. The minimum Gasteiger partial charge on any atom is -0.372 e. The molecule has 2 N–H and O–H groups in total. The molecular formula is C13H20ClN3O2S. The van der Waals surface area contributed by atoms with E-state index in [0.29, 0.717) is 16.8 Å². The molecule has 0 aromatic carbocycles. The Kier molecular flexibility index (Phi) is 4.88. The predicted molar refractivity (Wildman–Crippen MR) is 80.5 cm³/mol. The molecule has 0 spiro atoms. The van der Waals surface area contributed by atoms with Crippen LogP contribution >= 0.6 is 11.6 Å². The van der Waals surface area contributed by atoms with Gasteiger partial charge in [-0.1, -0.05) is 24.4 Å². The van der Waals surface area contributed by atoms with E-state index in [1.54, 1.807) is 7.05 Å². The summed E-state index contributed by atoms with van der Waals surface area (Å²) < 4.78 is 27.4. The Hall–Kier alpha value is -0.850. The molecule has 0 amide bonds. The normalized spacial score (nSPS) is 18.1. The molecule has 1 aliphatic carbocycles. The van der Waals surface area contributed by atoms with Crippen molar-refractivity contribution in [3.8, 4) is 0 Å². The molecule has 1 aromatic heterocycles. The van der Waals surface area contributed by atoms with Crippen LogP contribution in [0.1, 0.15) is 32.6 Å². The monoisotopic (exact) mass is 317 g/mol. The summed E-state index contributed by atoms with van der Waals surface area (Å²) in [5, 5.41) is 3.10. The molecule has 1 atom stereocenters. The molecular weight excluding hydrogens is 298 g/mol. The molecule has 0 saturated heterocycles. The lowest BCUT2D eigenvalue weighted by molar-refractivity contribution is 0.424. The van der Waals surface area contributed by atoms with E-state index in [-0.39, 0.29) is 10.9 Å². The number of rotatable bonds is 5. The highest BCUT2D eigenvalue weighted by Gasteiger charge is 2.26. The van der Waals surface area contributed by atoms with Crippen molar-refractivity contribution in [1.82, 2.24) is 9.71 Å². The highest BCUT2D eigenvalue weighted by Crippen LogP contribution is 2.28.